The second kappa shape index (κ2) is 10.9. The first-order valence-electron chi connectivity index (χ1n) is 13.3. The molecule has 6 aromatic rings. The summed E-state index contributed by atoms with van der Waals surface area (Å²) in [4.78, 5) is 4.48. The highest BCUT2D eigenvalue weighted by molar-refractivity contribution is 5.80. The first kappa shape index (κ1) is 22.1. The number of anilines is 6. The molecule has 6 rings (SSSR count). The van der Waals surface area contributed by atoms with E-state index in [1.807, 2.05) is 54.6 Å². The van der Waals surface area contributed by atoms with Crippen molar-refractivity contribution < 1.29 is 1.37 Å². The third-order valence-electron chi connectivity index (χ3n) is 6.59. The van der Waals surface area contributed by atoms with Gasteiger partial charge in [-0.25, -0.2) is 0 Å². The predicted molar refractivity (Wildman–Crippen MR) is 161 cm³/mol. The second-order valence-corrected chi connectivity index (χ2v) is 9.03. The molecule has 0 N–H and O–H groups in total. The number of nitrogens with zero attached hydrogens (tertiary/aromatic N) is 2. The zero-order valence-corrected chi connectivity index (χ0v) is 21.0. The number of rotatable bonds is 7. The van der Waals surface area contributed by atoms with E-state index >= 15 is 0 Å². The molecule has 0 amide bonds. The van der Waals surface area contributed by atoms with Crippen LogP contribution in [0, 0.1) is 0 Å². The van der Waals surface area contributed by atoms with Crippen molar-refractivity contribution in [1.29, 1.82) is 0 Å². The van der Waals surface area contributed by atoms with Crippen LogP contribution in [-0.4, -0.2) is 0 Å². The molecule has 0 aliphatic rings. The van der Waals surface area contributed by atoms with Crippen molar-refractivity contribution in [1.82, 2.24) is 0 Å². The highest BCUT2D eigenvalue weighted by Crippen LogP contribution is 2.37. The average molecular weight is 491 g/mol. The minimum absolute atomic E-state index is 0.503. The Labute approximate surface area is 226 Å². The largest absolute Gasteiger partial charge is 0.311 e. The number of hydrogen-bond donors (Lipinski definition) is 0. The Kier molecular flexibility index (Phi) is 6.35. The third kappa shape index (κ3) is 4.93. The summed E-state index contributed by atoms with van der Waals surface area (Å²) >= 11 is 0. The van der Waals surface area contributed by atoms with Gasteiger partial charge in [0.05, 0.1) is 1.37 Å². The molecule has 0 atom stereocenters. The van der Waals surface area contributed by atoms with E-state index in [0.717, 1.165) is 45.3 Å². The van der Waals surface area contributed by atoms with Crippen LogP contribution < -0.4 is 9.80 Å². The van der Waals surface area contributed by atoms with E-state index in [-0.39, 0.29) is 0 Å². The lowest BCUT2D eigenvalue weighted by Crippen LogP contribution is -2.09. The Hall–Kier alpha value is -5.08. The number of hydrogen-bond acceptors (Lipinski definition) is 2. The lowest BCUT2D eigenvalue weighted by atomic mass is 10.0. The van der Waals surface area contributed by atoms with Gasteiger partial charge < -0.3 is 9.80 Å². The molecule has 0 spiro atoms. The maximum atomic E-state index is 7.88. The maximum absolute atomic E-state index is 7.88. The topological polar surface area (TPSA) is 6.48 Å². The van der Waals surface area contributed by atoms with Crippen LogP contribution in [0.2, 0.25) is 0 Å². The van der Waals surface area contributed by atoms with Crippen molar-refractivity contribution in [2.45, 2.75) is 0 Å². The highest BCUT2D eigenvalue weighted by Gasteiger charge is 2.13. The van der Waals surface area contributed by atoms with E-state index in [9.17, 15) is 0 Å². The molecule has 0 bridgehead atoms. The van der Waals surface area contributed by atoms with Crippen molar-refractivity contribution in [3.63, 3.8) is 0 Å². The summed E-state index contributed by atoms with van der Waals surface area (Å²) < 4.78 is 7.88. The van der Waals surface area contributed by atoms with E-state index in [2.05, 4.69) is 119 Å². The van der Waals surface area contributed by atoms with Crippen LogP contribution in [0.4, 0.5) is 34.1 Å². The van der Waals surface area contributed by atoms with E-state index in [1.165, 1.54) is 0 Å². The fraction of sp³-hybridized carbons (Fsp3) is 0. The normalized spacial score (nSPS) is 11.0. The Morgan fingerprint density at radius 2 is 0.553 bits per heavy atom. The molecular formula is C36H28N2. The molecule has 0 heterocycles. The molecular weight excluding hydrogens is 460 g/mol. The van der Waals surface area contributed by atoms with Crippen LogP contribution in [0.1, 0.15) is 1.37 Å². The van der Waals surface area contributed by atoms with Gasteiger partial charge in [0.15, 0.2) is 0 Å². The van der Waals surface area contributed by atoms with Crippen LogP contribution in [0.3, 0.4) is 0 Å². The second-order valence-electron chi connectivity index (χ2n) is 9.03. The predicted octanol–water partition coefficient (Wildman–Crippen LogP) is 10.3. The van der Waals surface area contributed by atoms with Crippen molar-refractivity contribution >= 4 is 34.1 Å². The lowest BCUT2D eigenvalue weighted by molar-refractivity contribution is 1.28. The minimum Gasteiger partial charge on any atom is -0.311 e. The van der Waals surface area contributed by atoms with Gasteiger partial charge in [0.25, 0.3) is 0 Å². The monoisotopic (exact) mass is 490 g/mol. The van der Waals surface area contributed by atoms with Gasteiger partial charge in [-0.2, -0.15) is 0 Å². The molecule has 0 aromatic heterocycles. The summed E-state index contributed by atoms with van der Waals surface area (Å²) in [5, 5.41) is 0. The molecule has 0 fully saturated rings. The molecule has 0 unspecified atom stereocenters. The minimum atomic E-state index is 0.503. The van der Waals surface area contributed by atoms with E-state index in [4.69, 9.17) is 1.37 Å². The van der Waals surface area contributed by atoms with Gasteiger partial charge in [0.1, 0.15) is 0 Å². The van der Waals surface area contributed by atoms with Crippen LogP contribution in [0.25, 0.3) is 11.1 Å². The molecule has 38 heavy (non-hydrogen) atoms. The van der Waals surface area contributed by atoms with Crippen LogP contribution >= 0.6 is 0 Å². The van der Waals surface area contributed by atoms with Crippen molar-refractivity contribution in [3.8, 4) is 11.1 Å². The summed E-state index contributed by atoms with van der Waals surface area (Å²) in [6.45, 7) is 0. The first-order valence-corrected chi connectivity index (χ1v) is 12.8. The van der Waals surface area contributed by atoms with Gasteiger partial charge in [-0.3, -0.25) is 0 Å². The van der Waals surface area contributed by atoms with Crippen molar-refractivity contribution in [3.05, 3.63) is 170 Å². The van der Waals surface area contributed by atoms with Gasteiger partial charge in [0, 0.05) is 34.1 Å². The van der Waals surface area contributed by atoms with Gasteiger partial charge in [0.2, 0.25) is 0 Å². The smallest absolute Gasteiger partial charge is 0.0623 e. The van der Waals surface area contributed by atoms with Gasteiger partial charge >= 0.3 is 0 Å². The number of benzene rings is 6. The fourth-order valence-electron chi connectivity index (χ4n) is 4.76. The Morgan fingerprint density at radius 3 is 0.868 bits per heavy atom. The summed E-state index contributed by atoms with van der Waals surface area (Å²) in [5.41, 5.74) is 8.85. The molecule has 6 aromatic carbocycles. The molecule has 0 aliphatic carbocycles. The first-order chi connectivity index (χ1) is 19.3. The van der Waals surface area contributed by atoms with Crippen LogP contribution in [0.5, 0.6) is 0 Å². The molecule has 2 nitrogen and oxygen atoms in total. The fourth-order valence-corrected chi connectivity index (χ4v) is 4.76. The third-order valence-corrected chi connectivity index (χ3v) is 6.59. The van der Waals surface area contributed by atoms with Crippen LogP contribution in [0.15, 0.2) is 170 Å². The molecule has 0 radical (unpaired) electrons. The standard InChI is InChI=1S/C36H28N2/c1-5-13-31(14-6-1)37(32-15-7-2-8-16-32)35-25-21-29(22-26-35)30-23-27-36(28-24-30)38(33-17-9-3-10-18-33)34-19-11-4-12-20-34/h1-28H/i1T. The SMILES string of the molecule is [3H]c1ccc(N(c2ccccc2)c2ccc(-c3ccc(N(c4ccccc4)c4ccccc4)cc3)cc2)cc1. The molecule has 182 valence electrons. The average Bonchev–Trinajstić information content (AvgIpc) is 3.01. The summed E-state index contributed by atoms with van der Waals surface area (Å²) in [7, 11) is 0. The van der Waals surface area contributed by atoms with E-state index < -0.39 is 0 Å². The Balaban J connectivity index is 1.31. The van der Waals surface area contributed by atoms with Gasteiger partial charge in [-0.05, 0) is 83.9 Å². The molecule has 2 heteroatoms. The van der Waals surface area contributed by atoms with Gasteiger partial charge in [-0.1, -0.05) is 97.0 Å². The summed E-state index contributed by atoms with van der Waals surface area (Å²) in [5.74, 6) is 0. The summed E-state index contributed by atoms with van der Waals surface area (Å²) in [6.07, 6.45) is 0. The molecule has 0 saturated heterocycles. The molecule has 0 aliphatic heterocycles. The lowest BCUT2D eigenvalue weighted by Gasteiger charge is -2.26. The molecule has 0 saturated carbocycles. The van der Waals surface area contributed by atoms with Crippen molar-refractivity contribution in [2.24, 2.45) is 0 Å². The van der Waals surface area contributed by atoms with Gasteiger partial charge in [-0.15, -0.1) is 0 Å². The zero-order chi connectivity index (χ0) is 26.4. The van der Waals surface area contributed by atoms with Crippen LogP contribution in [-0.2, 0) is 0 Å². The Morgan fingerprint density at radius 1 is 0.289 bits per heavy atom. The number of para-hydroxylation sites is 4. The van der Waals surface area contributed by atoms with Crippen molar-refractivity contribution in [2.75, 3.05) is 9.80 Å². The Bertz CT molecular complexity index is 1580. The van der Waals surface area contributed by atoms with E-state index in [1.54, 1.807) is 0 Å². The summed E-state index contributed by atoms with van der Waals surface area (Å²) in [6, 6.07) is 56.8. The zero-order valence-electron chi connectivity index (χ0n) is 22.0. The van der Waals surface area contributed by atoms with E-state index in [0.29, 0.717) is 6.04 Å². The quantitative estimate of drug-likeness (QED) is 0.220. The maximum Gasteiger partial charge on any atom is 0.0623 e. The highest BCUT2D eigenvalue weighted by atomic mass is 15.1.